The van der Waals surface area contributed by atoms with Crippen molar-refractivity contribution in [3.63, 3.8) is 0 Å². The van der Waals surface area contributed by atoms with Crippen molar-refractivity contribution < 1.29 is 9.59 Å². The van der Waals surface area contributed by atoms with Gasteiger partial charge in [0.1, 0.15) is 0 Å². The number of urea groups is 1. The molecule has 114 valence electrons. The Bertz CT molecular complexity index is 501. The molecular formula is C15H22N4O2. The van der Waals surface area contributed by atoms with Crippen LogP contribution in [0.25, 0.3) is 0 Å². The number of benzene rings is 1. The Morgan fingerprint density at radius 3 is 2.71 bits per heavy atom. The van der Waals surface area contributed by atoms with Gasteiger partial charge in [0.05, 0.1) is 6.04 Å². The highest BCUT2D eigenvalue weighted by molar-refractivity contribution is 5.87. The van der Waals surface area contributed by atoms with Crippen LogP contribution in [0.3, 0.4) is 0 Å². The van der Waals surface area contributed by atoms with Crippen molar-refractivity contribution in [1.29, 1.82) is 0 Å². The number of primary amides is 1. The molecule has 0 bridgehead atoms. The molecule has 0 aliphatic carbocycles. The van der Waals surface area contributed by atoms with Gasteiger partial charge in [0.15, 0.2) is 0 Å². The summed E-state index contributed by atoms with van der Waals surface area (Å²) in [6, 6.07) is 6.75. The first-order valence-corrected chi connectivity index (χ1v) is 7.26. The molecule has 1 aromatic carbocycles. The Morgan fingerprint density at radius 1 is 1.33 bits per heavy atom. The lowest BCUT2D eigenvalue weighted by molar-refractivity contribution is -0.123. The summed E-state index contributed by atoms with van der Waals surface area (Å²) >= 11 is 0. The van der Waals surface area contributed by atoms with E-state index >= 15 is 0 Å². The van der Waals surface area contributed by atoms with Crippen LogP contribution < -0.4 is 21.7 Å². The molecule has 1 saturated heterocycles. The standard InChI is InChI=1S/C15H22N4O2/c1-10(18-13-4-2-3-9-17-14(13)20)11-5-7-12(8-6-11)19-15(16)21/h5-8,10,13,18H,2-4,9H2,1H3,(H,17,20)(H3,16,19,21). The molecule has 1 fully saturated rings. The number of carbonyl (C=O) groups excluding carboxylic acids is 2. The Labute approximate surface area is 124 Å². The zero-order valence-corrected chi connectivity index (χ0v) is 12.2. The number of amides is 3. The first-order chi connectivity index (χ1) is 10.1. The van der Waals surface area contributed by atoms with Gasteiger partial charge in [-0.25, -0.2) is 4.79 Å². The minimum Gasteiger partial charge on any atom is -0.355 e. The van der Waals surface area contributed by atoms with Gasteiger partial charge >= 0.3 is 6.03 Å². The first kappa shape index (κ1) is 15.3. The summed E-state index contributed by atoms with van der Waals surface area (Å²) in [6.07, 6.45) is 2.94. The maximum Gasteiger partial charge on any atom is 0.316 e. The number of hydrogen-bond acceptors (Lipinski definition) is 3. The topological polar surface area (TPSA) is 96.2 Å². The molecule has 5 N–H and O–H groups in total. The molecule has 0 saturated carbocycles. The molecule has 0 aromatic heterocycles. The van der Waals surface area contributed by atoms with Gasteiger partial charge in [-0.1, -0.05) is 12.1 Å². The quantitative estimate of drug-likeness (QED) is 0.676. The van der Waals surface area contributed by atoms with Gasteiger partial charge in [0.2, 0.25) is 5.91 Å². The van der Waals surface area contributed by atoms with Crippen LogP contribution in [0.1, 0.15) is 37.8 Å². The van der Waals surface area contributed by atoms with Gasteiger partial charge in [-0.2, -0.15) is 0 Å². The van der Waals surface area contributed by atoms with Crippen LogP contribution in [-0.4, -0.2) is 24.5 Å². The van der Waals surface area contributed by atoms with Crippen LogP contribution >= 0.6 is 0 Å². The van der Waals surface area contributed by atoms with E-state index in [2.05, 4.69) is 16.0 Å². The van der Waals surface area contributed by atoms with Gasteiger partial charge < -0.3 is 16.4 Å². The predicted octanol–water partition coefficient (Wildman–Crippen LogP) is 1.50. The molecule has 0 radical (unpaired) electrons. The molecule has 1 aromatic rings. The highest BCUT2D eigenvalue weighted by Gasteiger charge is 2.22. The lowest BCUT2D eigenvalue weighted by Crippen LogP contribution is -2.43. The molecule has 6 heteroatoms. The van der Waals surface area contributed by atoms with Crippen molar-refractivity contribution >= 4 is 17.6 Å². The lowest BCUT2D eigenvalue weighted by atomic mass is 10.0. The molecule has 0 spiro atoms. The fraction of sp³-hybridized carbons (Fsp3) is 0.467. The maximum atomic E-state index is 11.9. The van der Waals surface area contributed by atoms with Crippen LogP contribution in [0.15, 0.2) is 24.3 Å². The molecule has 1 heterocycles. The average molecular weight is 290 g/mol. The lowest BCUT2D eigenvalue weighted by Gasteiger charge is -2.21. The van der Waals surface area contributed by atoms with Crippen LogP contribution in [0.5, 0.6) is 0 Å². The van der Waals surface area contributed by atoms with Gasteiger partial charge in [0, 0.05) is 18.3 Å². The maximum absolute atomic E-state index is 11.9. The second-order valence-corrected chi connectivity index (χ2v) is 5.34. The predicted molar refractivity (Wildman–Crippen MR) is 81.8 cm³/mol. The van der Waals surface area contributed by atoms with E-state index < -0.39 is 6.03 Å². The van der Waals surface area contributed by atoms with E-state index in [-0.39, 0.29) is 18.0 Å². The number of nitrogens with two attached hydrogens (primary N) is 1. The fourth-order valence-electron chi connectivity index (χ4n) is 2.49. The Hall–Kier alpha value is -2.08. The van der Waals surface area contributed by atoms with Gasteiger partial charge in [-0.15, -0.1) is 0 Å². The minimum atomic E-state index is -0.580. The molecule has 21 heavy (non-hydrogen) atoms. The number of anilines is 1. The van der Waals surface area contributed by atoms with Crippen molar-refractivity contribution in [2.24, 2.45) is 5.73 Å². The van der Waals surface area contributed by atoms with Crippen molar-refractivity contribution in [2.45, 2.75) is 38.3 Å². The van der Waals surface area contributed by atoms with Gasteiger partial charge in [-0.3, -0.25) is 10.1 Å². The van der Waals surface area contributed by atoms with E-state index in [9.17, 15) is 9.59 Å². The van der Waals surface area contributed by atoms with E-state index in [1.807, 2.05) is 19.1 Å². The number of hydrogen-bond donors (Lipinski definition) is 4. The second-order valence-electron chi connectivity index (χ2n) is 5.34. The largest absolute Gasteiger partial charge is 0.355 e. The highest BCUT2D eigenvalue weighted by Crippen LogP contribution is 2.18. The minimum absolute atomic E-state index is 0.0569. The summed E-state index contributed by atoms with van der Waals surface area (Å²) in [6.45, 7) is 2.79. The van der Waals surface area contributed by atoms with E-state index in [4.69, 9.17) is 5.73 Å². The summed E-state index contributed by atoms with van der Waals surface area (Å²) in [5, 5.41) is 8.80. The number of nitrogens with one attached hydrogen (secondary N) is 3. The van der Waals surface area contributed by atoms with Crippen LogP contribution in [-0.2, 0) is 4.79 Å². The molecule has 1 aliphatic heterocycles. The van der Waals surface area contributed by atoms with E-state index in [0.717, 1.165) is 31.4 Å². The summed E-state index contributed by atoms with van der Waals surface area (Å²) in [4.78, 5) is 22.7. The third-order valence-electron chi connectivity index (χ3n) is 3.66. The van der Waals surface area contributed by atoms with E-state index in [0.29, 0.717) is 5.69 Å². The molecular weight excluding hydrogens is 268 g/mol. The fourth-order valence-corrected chi connectivity index (χ4v) is 2.49. The average Bonchev–Trinajstić information content (AvgIpc) is 2.64. The molecule has 2 rings (SSSR count). The molecule has 2 atom stereocenters. The third kappa shape index (κ3) is 4.46. The Kier molecular flexibility index (Phi) is 5.16. The van der Waals surface area contributed by atoms with Crippen molar-refractivity contribution in [3.8, 4) is 0 Å². The van der Waals surface area contributed by atoms with Gasteiger partial charge in [0.25, 0.3) is 0 Å². The molecule has 1 aliphatic rings. The van der Waals surface area contributed by atoms with Crippen LogP contribution in [0.2, 0.25) is 0 Å². The molecule has 3 amide bonds. The summed E-state index contributed by atoms with van der Waals surface area (Å²) < 4.78 is 0. The van der Waals surface area contributed by atoms with E-state index in [1.54, 1.807) is 12.1 Å². The SMILES string of the molecule is CC(NC1CCCCNC1=O)c1ccc(NC(N)=O)cc1. The van der Waals surface area contributed by atoms with Crippen LogP contribution in [0.4, 0.5) is 10.5 Å². The molecule has 2 unspecified atom stereocenters. The summed E-state index contributed by atoms with van der Waals surface area (Å²) in [5.41, 5.74) is 6.78. The van der Waals surface area contributed by atoms with Crippen LogP contribution in [0, 0.1) is 0 Å². The first-order valence-electron chi connectivity index (χ1n) is 7.26. The number of carbonyl (C=O) groups is 2. The zero-order chi connectivity index (χ0) is 15.2. The summed E-state index contributed by atoms with van der Waals surface area (Å²) in [7, 11) is 0. The Morgan fingerprint density at radius 2 is 2.05 bits per heavy atom. The van der Waals surface area contributed by atoms with Gasteiger partial charge in [-0.05, 0) is 43.9 Å². The van der Waals surface area contributed by atoms with Crippen molar-refractivity contribution in [2.75, 3.05) is 11.9 Å². The number of rotatable bonds is 4. The smallest absolute Gasteiger partial charge is 0.316 e. The highest BCUT2D eigenvalue weighted by atomic mass is 16.2. The summed E-state index contributed by atoms with van der Waals surface area (Å²) in [5.74, 6) is 0.0753. The van der Waals surface area contributed by atoms with Crippen molar-refractivity contribution in [3.05, 3.63) is 29.8 Å². The Balaban J connectivity index is 1.97. The third-order valence-corrected chi connectivity index (χ3v) is 3.66. The van der Waals surface area contributed by atoms with Crippen molar-refractivity contribution in [1.82, 2.24) is 10.6 Å². The van der Waals surface area contributed by atoms with E-state index in [1.165, 1.54) is 0 Å². The normalized spacial score (nSPS) is 20.2. The second kappa shape index (κ2) is 7.08. The molecule has 6 nitrogen and oxygen atoms in total. The monoisotopic (exact) mass is 290 g/mol. The zero-order valence-electron chi connectivity index (χ0n) is 12.2.